The van der Waals surface area contributed by atoms with Crippen molar-refractivity contribution in [1.29, 1.82) is 5.26 Å². The SMILES string of the molecule is CC1CCCCC1(NC(=O)c1ccc(C#N)cn1)C(=O)O. The van der Waals surface area contributed by atoms with Gasteiger partial charge in [0.2, 0.25) is 0 Å². The van der Waals surface area contributed by atoms with E-state index < -0.39 is 17.4 Å². The molecule has 1 aliphatic rings. The van der Waals surface area contributed by atoms with Gasteiger partial charge >= 0.3 is 5.97 Å². The van der Waals surface area contributed by atoms with E-state index in [-0.39, 0.29) is 11.6 Å². The second kappa shape index (κ2) is 5.92. The Bertz CT molecular complexity index is 591. The average Bonchev–Trinajstić information content (AvgIpc) is 2.49. The predicted molar refractivity (Wildman–Crippen MR) is 74.4 cm³/mol. The molecule has 0 radical (unpaired) electrons. The fraction of sp³-hybridized carbons (Fsp3) is 0.467. The van der Waals surface area contributed by atoms with Gasteiger partial charge in [0.1, 0.15) is 17.3 Å². The van der Waals surface area contributed by atoms with Crippen molar-refractivity contribution in [3.63, 3.8) is 0 Å². The fourth-order valence-corrected chi connectivity index (χ4v) is 2.76. The molecule has 6 nitrogen and oxygen atoms in total. The van der Waals surface area contributed by atoms with Gasteiger partial charge in [-0.25, -0.2) is 9.78 Å². The van der Waals surface area contributed by atoms with Crippen LogP contribution in [0.25, 0.3) is 0 Å². The molecule has 1 fully saturated rings. The minimum atomic E-state index is -1.23. The molecule has 0 spiro atoms. The third-order valence-corrected chi connectivity index (χ3v) is 4.14. The van der Waals surface area contributed by atoms with Gasteiger partial charge in [-0.05, 0) is 30.9 Å². The van der Waals surface area contributed by atoms with Crippen LogP contribution in [0, 0.1) is 17.2 Å². The van der Waals surface area contributed by atoms with Gasteiger partial charge in [-0.3, -0.25) is 4.79 Å². The number of carbonyl (C=O) groups is 2. The topological polar surface area (TPSA) is 103 Å². The molecule has 1 aromatic rings. The number of nitrogens with zero attached hydrogens (tertiary/aromatic N) is 2. The molecule has 0 saturated heterocycles. The maximum absolute atomic E-state index is 12.2. The van der Waals surface area contributed by atoms with Crippen molar-refractivity contribution in [1.82, 2.24) is 10.3 Å². The molecule has 2 rings (SSSR count). The summed E-state index contributed by atoms with van der Waals surface area (Å²) in [6, 6.07) is 4.83. The van der Waals surface area contributed by atoms with E-state index in [1.165, 1.54) is 18.3 Å². The zero-order chi connectivity index (χ0) is 15.5. The zero-order valence-electron chi connectivity index (χ0n) is 11.8. The molecule has 0 bridgehead atoms. The second-order valence-corrected chi connectivity index (χ2v) is 5.42. The summed E-state index contributed by atoms with van der Waals surface area (Å²) >= 11 is 0. The van der Waals surface area contributed by atoms with Crippen LogP contribution >= 0.6 is 0 Å². The Labute approximate surface area is 122 Å². The second-order valence-electron chi connectivity index (χ2n) is 5.42. The summed E-state index contributed by atoms with van der Waals surface area (Å²) in [6.07, 6.45) is 4.24. The summed E-state index contributed by atoms with van der Waals surface area (Å²) in [6.45, 7) is 1.85. The summed E-state index contributed by atoms with van der Waals surface area (Å²) in [5.74, 6) is -1.65. The average molecular weight is 287 g/mol. The molecular weight excluding hydrogens is 270 g/mol. The molecule has 1 saturated carbocycles. The molecule has 1 aromatic heterocycles. The number of aliphatic carboxylic acids is 1. The quantitative estimate of drug-likeness (QED) is 0.881. The molecule has 6 heteroatoms. The molecule has 1 aliphatic carbocycles. The van der Waals surface area contributed by atoms with Gasteiger partial charge in [-0.1, -0.05) is 19.8 Å². The molecule has 2 N–H and O–H groups in total. The van der Waals surface area contributed by atoms with Crippen LogP contribution in [0.2, 0.25) is 0 Å². The molecule has 21 heavy (non-hydrogen) atoms. The molecule has 2 atom stereocenters. The van der Waals surface area contributed by atoms with Crippen molar-refractivity contribution >= 4 is 11.9 Å². The Hall–Kier alpha value is -2.42. The van der Waals surface area contributed by atoms with Gasteiger partial charge in [0.15, 0.2) is 0 Å². The summed E-state index contributed by atoms with van der Waals surface area (Å²) in [5.41, 5.74) is -0.761. The monoisotopic (exact) mass is 287 g/mol. The largest absolute Gasteiger partial charge is 0.479 e. The molecular formula is C15H17N3O3. The maximum Gasteiger partial charge on any atom is 0.329 e. The van der Waals surface area contributed by atoms with E-state index in [0.717, 1.165) is 19.3 Å². The first-order valence-corrected chi connectivity index (χ1v) is 6.91. The molecule has 0 aliphatic heterocycles. The number of pyridine rings is 1. The van der Waals surface area contributed by atoms with E-state index >= 15 is 0 Å². The highest BCUT2D eigenvalue weighted by molar-refractivity contribution is 5.96. The van der Waals surface area contributed by atoms with E-state index in [0.29, 0.717) is 12.0 Å². The van der Waals surface area contributed by atoms with Gasteiger partial charge in [0, 0.05) is 6.20 Å². The van der Waals surface area contributed by atoms with Crippen LogP contribution in [0.3, 0.4) is 0 Å². The Balaban J connectivity index is 2.22. The predicted octanol–water partition coefficient (Wildman–Crippen LogP) is 1.72. The van der Waals surface area contributed by atoms with Crippen molar-refractivity contribution < 1.29 is 14.7 Å². The molecule has 0 aromatic carbocycles. The standard InChI is InChI=1S/C15H17N3O3/c1-10-4-2-3-7-15(10,14(20)21)18-13(19)12-6-5-11(8-16)9-17-12/h5-6,9-10H,2-4,7H2,1H3,(H,18,19)(H,20,21). The number of hydrogen-bond donors (Lipinski definition) is 2. The number of nitriles is 1. The number of hydrogen-bond acceptors (Lipinski definition) is 4. The van der Waals surface area contributed by atoms with Crippen LogP contribution in [0.1, 0.15) is 48.7 Å². The smallest absolute Gasteiger partial charge is 0.329 e. The number of rotatable bonds is 3. The summed E-state index contributed by atoms with van der Waals surface area (Å²) in [4.78, 5) is 27.8. The third kappa shape index (κ3) is 2.87. The number of nitrogens with one attached hydrogen (secondary N) is 1. The first kappa shape index (κ1) is 15.0. The van der Waals surface area contributed by atoms with Gasteiger partial charge in [0.25, 0.3) is 5.91 Å². The lowest BCUT2D eigenvalue weighted by Crippen LogP contribution is -2.60. The summed E-state index contributed by atoms with van der Waals surface area (Å²) < 4.78 is 0. The number of carbonyl (C=O) groups excluding carboxylic acids is 1. The van der Waals surface area contributed by atoms with E-state index in [9.17, 15) is 14.7 Å². The Morgan fingerprint density at radius 1 is 1.48 bits per heavy atom. The van der Waals surface area contributed by atoms with Crippen LogP contribution < -0.4 is 5.32 Å². The third-order valence-electron chi connectivity index (χ3n) is 4.14. The highest BCUT2D eigenvalue weighted by Gasteiger charge is 2.46. The van der Waals surface area contributed by atoms with Gasteiger partial charge in [-0.2, -0.15) is 5.26 Å². The lowest BCUT2D eigenvalue weighted by Gasteiger charge is -2.39. The number of amides is 1. The van der Waals surface area contributed by atoms with E-state index in [4.69, 9.17) is 5.26 Å². The van der Waals surface area contributed by atoms with Crippen molar-refractivity contribution in [3.05, 3.63) is 29.6 Å². The first-order valence-electron chi connectivity index (χ1n) is 6.91. The van der Waals surface area contributed by atoms with Gasteiger partial charge < -0.3 is 10.4 Å². The minimum absolute atomic E-state index is 0.118. The molecule has 1 amide bonds. The zero-order valence-corrected chi connectivity index (χ0v) is 11.8. The highest BCUT2D eigenvalue weighted by atomic mass is 16.4. The van der Waals surface area contributed by atoms with Crippen LogP contribution in [0.15, 0.2) is 18.3 Å². The Morgan fingerprint density at radius 2 is 2.24 bits per heavy atom. The van der Waals surface area contributed by atoms with Gasteiger partial charge in [0.05, 0.1) is 5.56 Å². The lowest BCUT2D eigenvalue weighted by molar-refractivity contribution is -0.148. The molecule has 110 valence electrons. The minimum Gasteiger partial charge on any atom is -0.479 e. The van der Waals surface area contributed by atoms with Crippen LogP contribution in [-0.4, -0.2) is 27.5 Å². The first-order chi connectivity index (χ1) is 9.99. The van der Waals surface area contributed by atoms with Crippen molar-refractivity contribution in [2.75, 3.05) is 0 Å². The van der Waals surface area contributed by atoms with Crippen LogP contribution in [-0.2, 0) is 4.79 Å². The van der Waals surface area contributed by atoms with E-state index in [1.54, 1.807) is 0 Å². The number of aromatic nitrogens is 1. The fourth-order valence-electron chi connectivity index (χ4n) is 2.76. The molecule has 1 heterocycles. The maximum atomic E-state index is 12.2. The normalized spacial score (nSPS) is 24.9. The van der Waals surface area contributed by atoms with E-state index in [2.05, 4.69) is 10.3 Å². The van der Waals surface area contributed by atoms with Crippen molar-refractivity contribution in [2.45, 2.75) is 38.1 Å². The number of carboxylic acid groups (broad SMARTS) is 1. The number of carboxylic acids is 1. The van der Waals surface area contributed by atoms with Gasteiger partial charge in [-0.15, -0.1) is 0 Å². The van der Waals surface area contributed by atoms with E-state index in [1.807, 2.05) is 13.0 Å². The van der Waals surface area contributed by atoms with Crippen molar-refractivity contribution in [3.8, 4) is 6.07 Å². The Morgan fingerprint density at radius 3 is 2.76 bits per heavy atom. The lowest BCUT2D eigenvalue weighted by atomic mass is 9.73. The van der Waals surface area contributed by atoms with Crippen LogP contribution in [0.4, 0.5) is 0 Å². The van der Waals surface area contributed by atoms with Crippen LogP contribution in [0.5, 0.6) is 0 Å². The van der Waals surface area contributed by atoms with Crippen molar-refractivity contribution in [2.24, 2.45) is 5.92 Å². The Kier molecular flexibility index (Phi) is 4.22. The summed E-state index contributed by atoms with van der Waals surface area (Å²) in [5, 5.41) is 20.9. The summed E-state index contributed by atoms with van der Waals surface area (Å²) in [7, 11) is 0. The highest BCUT2D eigenvalue weighted by Crippen LogP contribution is 2.34. The molecule has 2 unspecified atom stereocenters.